The molecule has 96 valence electrons. The number of aromatic amines is 1. The molecule has 0 spiro atoms. The van der Waals surface area contributed by atoms with Crippen molar-refractivity contribution in [2.45, 2.75) is 18.9 Å². The lowest BCUT2D eigenvalue weighted by Crippen LogP contribution is -2.36. The van der Waals surface area contributed by atoms with Crippen molar-refractivity contribution in [2.24, 2.45) is 0 Å². The van der Waals surface area contributed by atoms with Crippen LogP contribution in [0.25, 0.3) is 11.0 Å². The summed E-state index contributed by atoms with van der Waals surface area (Å²) in [6.45, 7) is 2.07. The molecule has 0 bridgehead atoms. The summed E-state index contributed by atoms with van der Waals surface area (Å²) in [6.07, 6.45) is 2.23. The van der Waals surface area contributed by atoms with Gasteiger partial charge in [0.2, 0.25) is 0 Å². The molecule has 0 aliphatic carbocycles. The SMILES string of the molecule is CN1CCCC(n2c(=O)[nH]c3cc(Br)ccc32)C1. The van der Waals surface area contributed by atoms with Crippen LogP contribution in [0, 0.1) is 0 Å². The van der Waals surface area contributed by atoms with Crippen LogP contribution in [-0.2, 0) is 0 Å². The summed E-state index contributed by atoms with van der Waals surface area (Å²) in [5.41, 5.74) is 1.91. The van der Waals surface area contributed by atoms with Crippen LogP contribution in [0.2, 0.25) is 0 Å². The number of nitrogens with one attached hydrogen (secondary N) is 1. The number of hydrogen-bond acceptors (Lipinski definition) is 2. The van der Waals surface area contributed by atoms with Crippen LogP contribution in [0.4, 0.5) is 0 Å². The van der Waals surface area contributed by atoms with E-state index in [0.717, 1.165) is 41.4 Å². The van der Waals surface area contributed by atoms with E-state index in [0.29, 0.717) is 0 Å². The molecule has 1 unspecified atom stereocenters. The molecule has 0 saturated carbocycles. The number of hydrogen-bond donors (Lipinski definition) is 1. The maximum absolute atomic E-state index is 12.1. The minimum atomic E-state index is 0.00315. The Morgan fingerprint density at radius 3 is 3.06 bits per heavy atom. The molecule has 1 N–H and O–H groups in total. The van der Waals surface area contributed by atoms with Crippen molar-refractivity contribution in [2.75, 3.05) is 20.1 Å². The first kappa shape index (κ1) is 12.0. The predicted molar refractivity (Wildman–Crippen MR) is 76.0 cm³/mol. The number of piperidine rings is 1. The third kappa shape index (κ3) is 2.01. The van der Waals surface area contributed by atoms with E-state index in [1.165, 1.54) is 0 Å². The standard InChI is InChI=1S/C13H16BrN3O/c1-16-6-2-3-10(8-16)17-12-5-4-9(14)7-11(12)15-13(17)18/h4-5,7,10H,2-3,6,8H2,1H3,(H,15,18). The lowest BCUT2D eigenvalue weighted by atomic mass is 10.1. The molecule has 1 aliphatic heterocycles. The molecule has 18 heavy (non-hydrogen) atoms. The van der Waals surface area contributed by atoms with Crippen molar-refractivity contribution in [3.05, 3.63) is 33.2 Å². The summed E-state index contributed by atoms with van der Waals surface area (Å²) in [6, 6.07) is 6.23. The Hall–Kier alpha value is -1.07. The van der Waals surface area contributed by atoms with E-state index >= 15 is 0 Å². The van der Waals surface area contributed by atoms with Gasteiger partial charge in [0.25, 0.3) is 0 Å². The van der Waals surface area contributed by atoms with Crippen LogP contribution in [0.3, 0.4) is 0 Å². The van der Waals surface area contributed by atoms with Crippen molar-refractivity contribution in [3.8, 4) is 0 Å². The fraction of sp³-hybridized carbons (Fsp3) is 0.462. The third-order valence-electron chi connectivity index (χ3n) is 3.64. The van der Waals surface area contributed by atoms with Crippen molar-refractivity contribution >= 4 is 27.0 Å². The lowest BCUT2D eigenvalue weighted by molar-refractivity contribution is 0.212. The molecule has 0 radical (unpaired) electrons. The summed E-state index contributed by atoms with van der Waals surface area (Å²) in [5, 5.41) is 0. The normalized spacial score (nSPS) is 21.6. The number of fused-ring (bicyclic) bond motifs is 1. The molecule has 4 nitrogen and oxygen atoms in total. The van der Waals surface area contributed by atoms with E-state index < -0.39 is 0 Å². The molecule has 1 fully saturated rings. The van der Waals surface area contributed by atoms with E-state index in [1.807, 2.05) is 22.8 Å². The topological polar surface area (TPSA) is 41.0 Å². The zero-order chi connectivity index (χ0) is 12.7. The summed E-state index contributed by atoms with van der Waals surface area (Å²) in [7, 11) is 2.11. The van der Waals surface area contributed by atoms with Crippen molar-refractivity contribution in [3.63, 3.8) is 0 Å². The monoisotopic (exact) mass is 309 g/mol. The second-order valence-electron chi connectivity index (χ2n) is 5.02. The molecule has 3 rings (SSSR count). The Kier molecular flexibility index (Phi) is 3.03. The second kappa shape index (κ2) is 4.55. The van der Waals surface area contributed by atoms with Crippen LogP contribution in [-0.4, -0.2) is 34.6 Å². The summed E-state index contributed by atoms with van der Waals surface area (Å²) >= 11 is 3.43. The van der Waals surface area contributed by atoms with Crippen molar-refractivity contribution < 1.29 is 0 Å². The zero-order valence-electron chi connectivity index (χ0n) is 10.3. The molecule has 0 amide bonds. The number of likely N-dealkylation sites (tertiary alicyclic amines) is 1. The zero-order valence-corrected chi connectivity index (χ0v) is 11.9. The highest BCUT2D eigenvalue weighted by Crippen LogP contribution is 2.24. The van der Waals surface area contributed by atoms with Crippen LogP contribution < -0.4 is 5.69 Å². The Balaban J connectivity index is 2.10. The van der Waals surface area contributed by atoms with E-state index in [1.54, 1.807) is 0 Å². The van der Waals surface area contributed by atoms with Gasteiger partial charge in [-0.05, 0) is 44.6 Å². The number of halogens is 1. The highest BCUT2D eigenvalue weighted by atomic mass is 79.9. The van der Waals surface area contributed by atoms with Gasteiger partial charge in [0, 0.05) is 11.0 Å². The number of likely N-dealkylation sites (N-methyl/N-ethyl adjacent to an activating group) is 1. The third-order valence-corrected chi connectivity index (χ3v) is 4.14. The number of benzene rings is 1. The largest absolute Gasteiger partial charge is 0.326 e. The van der Waals surface area contributed by atoms with Gasteiger partial charge >= 0.3 is 5.69 Å². The highest BCUT2D eigenvalue weighted by molar-refractivity contribution is 9.10. The number of nitrogens with zero attached hydrogens (tertiary/aromatic N) is 2. The van der Waals surface area contributed by atoms with Crippen molar-refractivity contribution in [1.82, 2.24) is 14.5 Å². The summed E-state index contributed by atoms with van der Waals surface area (Å²) in [4.78, 5) is 17.4. The van der Waals surface area contributed by atoms with Gasteiger partial charge in [-0.25, -0.2) is 4.79 Å². The Labute approximate surface area is 114 Å². The molecular weight excluding hydrogens is 294 g/mol. The maximum Gasteiger partial charge on any atom is 0.326 e. The van der Waals surface area contributed by atoms with E-state index in [-0.39, 0.29) is 11.7 Å². The summed E-state index contributed by atoms with van der Waals surface area (Å²) in [5.74, 6) is 0. The Bertz CT molecular complexity index is 631. The fourth-order valence-electron chi connectivity index (χ4n) is 2.82. The second-order valence-corrected chi connectivity index (χ2v) is 5.94. The number of H-pyrrole nitrogens is 1. The molecule has 2 heterocycles. The fourth-order valence-corrected chi connectivity index (χ4v) is 3.18. The van der Waals surface area contributed by atoms with E-state index in [9.17, 15) is 4.79 Å². The quantitative estimate of drug-likeness (QED) is 0.878. The van der Waals surface area contributed by atoms with Crippen molar-refractivity contribution in [1.29, 1.82) is 0 Å². The van der Waals surface area contributed by atoms with E-state index in [4.69, 9.17) is 0 Å². The van der Waals surface area contributed by atoms with Crippen LogP contribution >= 0.6 is 15.9 Å². The molecule has 1 atom stereocenters. The first-order valence-electron chi connectivity index (χ1n) is 6.23. The lowest BCUT2D eigenvalue weighted by Gasteiger charge is -2.30. The minimum Gasteiger partial charge on any atom is -0.305 e. The average molecular weight is 310 g/mol. The number of rotatable bonds is 1. The molecule has 1 saturated heterocycles. The maximum atomic E-state index is 12.1. The molecule has 1 aliphatic rings. The van der Waals surface area contributed by atoms with Gasteiger partial charge in [-0.2, -0.15) is 0 Å². The average Bonchev–Trinajstić information content (AvgIpc) is 2.64. The molecule has 1 aromatic carbocycles. The summed E-state index contributed by atoms with van der Waals surface area (Å²) < 4.78 is 2.90. The van der Waals surface area contributed by atoms with Gasteiger partial charge in [0.15, 0.2) is 0 Å². The molecule has 5 heteroatoms. The van der Waals surface area contributed by atoms with Gasteiger partial charge in [-0.1, -0.05) is 15.9 Å². The smallest absolute Gasteiger partial charge is 0.305 e. The molecule has 1 aromatic heterocycles. The Morgan fingerprint density at radius 2 is 2.28 bits per heavy atom. The van der Waals surface area contributed by atoms with Gasteiger partial charge in [-0.15, -0.1) is 0 Å². The number of aromatic nitrogens is 2. The molecule has 2 aromatic rings. The van der Waals surface area contributed by atoms with Gasteiger partial charge < -0.3 is 9.88 Å². The van der Waals surface area contributed by atoms with Crippen LogP contribution in [0.5, 0.6) is 0 Å². The first-order valence-corrected chi connectivity index (χ1v) is 7.03. The van der Waals surface area contributed by atoms with Crippen LogP contribution in [0.15, 0.2) is 27.5 Å². The first-order chi connectivity index (χ1) is 8.65. The van der Waals surface area contributed by atoms with Crippen LogP contribution in [0.1, 0.15) is 18.9 Å². The minimum absolute atomic E-state index is 0.00315. The van der Waals surface area contributed by atoms with Gasteiger partial charge in [0.05, 0.1) is 17.1 Å². The predicted octanol–water partition coefficient (Wildman–Crippen LogP) is 2.36. The Morgan fingerprint density at radius 1 is 1.44 bits per heavy atom. The number of imidazole rings is 1. The highest BCUT2D eigenvalue weighted by Gasteiger charge is 2.22. The van der Waals surface area contributed by atoms with Gasteiger partial charge in [-0.3, -0.25) is 4.57 Å². The van der Waals surface area contributed by atoms with Gasteiger partial charge in [0.1, 0.15) is 0 Å². The van der Waals surface area contributed by atoms with E-state index in [2.05, 4.69) is 32.9 Å². The molecular formula is C13H16BrN3O.